The molecule has 3 aliphatic rings. The van der Waals surface area contributed by atoms with Gasteiger partial charge in [-0.25, -0.2) is 0 Å². The highest BCUT2D eigenvalue weighted by Crippen LogP contribution is 2.62. The second kappa shape index (κ2) is 24.6. The van der Waals surface area contributed by atoms with Crippen LogP contribution >= 0.6 is 0 Å². The van der Waals surface area contributed by atoms with Gasteiger partial charge in [-0.15, -0.1) is 6.58 Å². The summed E-state index contributed by atoms with van der Waals surface area (Å²) in [6.45, 7) is 16.2. The van der Waals surface area contributed by atoms with Crippen molar-refractivity contribution >= 4 is 11.6 Å². The van der Waals surface area contributed by atoms with Crippen LogP contribution in [-0.4, -0.2) is 78.1 Å². The van der Waals surface area contributed by atoms with Crippen LogP contribution in [0.4, 0.5) is 0 Å². The van der Waals surface area contributed by atoms with Crippen LogP contribution in [-0.2, 0) is 14.4 Å². The second-order valence-corrected chi connectivity index (χ2v) is 16.0. The highest BCUT2D eigenvalue weighted by Gasteiger charge is 2.65. The lowest BCUT2D eigenvalue weighted by Crippen LogP contribution is -2.70. The predicted molar refractivity (Wildman–Crippen MR) is 226 cm³/mol. The number of amides is 1. The van der Waals surface area contributed by atoms with Gasteiger partial charge in [-0.1, -0.05) is 108 Å². The maximum atomic E-state index is 14.6. The molecule has 314 valence electrons. The molecule has 0 saturated heterocycles. The summed E-state index contributed by atoms with van der Waals surface area (Å²) in [4.78, 5) is 22.5. The van der Waals surface area contributed by atoms with Crippen LogP contribution < -0.4 is 9.47 Å². The van der Waals surface area contributed by atoms with Crippen LogP contribution in [0.15, 0.2) is 60.3 Å². The Kier molecular flexibility index (Phi) is 20.0. The van der Waals surface area contributed by atoms with Gasteiger partial charge in [-0.05, 0) is 81.1 Å². The molecule has 9 nitrogen and oxygen atoms in total. The normalized spacial score (nSPS) is 24.4. The topological polar surface area (TPSA) is 110 Å². The minimum atomic E-state index is -1.22. The number of allylic oxidation sites excluding steroid dienone is 1. The van der Waals surface area contributed by atoms with Crippen LogP contribution in [0, 0.1) is 17.8 Å². The van der Waals surface area contributed by atoms with Crippen molar-refractivity contribution in [1.29, 1.82) is 0 Å². The van der Waals surface area contributed by atoms with E-state index in [0.717, 1.165) is 92.6 Å². The number of carbonyl (C=O) groups is 1. The lowest BCUT2D eigenvalue weighted by atomic mass is 9.55. The van der Waals surface area contributed by atoms with E-state index < -0.39 is 11.8 Å². The van der Waals surface area contributed by atoms with E-state index in [1.54, 1.807) is 12.2 Å². The van der Waals surface area contributed by atoms with Gasteiger partial charge in [0, 0.05) is 44.1 Å². The average molecular weight is 779 g/mol. The summed E-state index contributed by atoms with van der Waals surface area (Å²) in [5.41, 5.74) is 2.96. The molecular weight excluding hydrogens is 705 g/mol. The summed E-state index contributed by atoms with van der Waals surface area (Å²) < 4.78 is 20.5. The van der Waals surface area contributed by atoms with Crippen molar-refractivity contribution in [3.05, 3.63) is 60.7 Å². The van der Waals surface area contributed by atoms with Crippen LogP contribution in [0.5, 0.6) is 11.5 Å². The lowest BCUT2D eigenvalue weighted by Gasteiger charge is -2.60. The van der Waals surface area contributed by atoms with Gasteiger partial charge in [0.25, 0.3) is 0 Å². The Morgan fingerprint density at radius 3 is 2.27 bits per heavy atom. The average Bonchev–Trinajstić information content (AvgIpc) is 3.21. The number of fused-ring (bicyclic) bond motifs is 2. The fourth-order valence-electron chi connectivity index (χ4n) is 9.46. The molecular formula is C47H74N2O7. The number of carbonyl (C=O) groups excluding carboxylic acids is 1. The Morgan fingerprint density at radius 2 is 1.61 bits per heavy atom. The molecule has 6 unspecified atom stereocenters. The summed E-state index contributed by atoms with van der Waals surface area (Å²) >= 11 is 0. The summed E-state index contributed by atoms with van der Waals surface area (Å²) in [7, 11) is 0. The Hall–Kier alpha value is -3.14. The number of unbranched alkanes of at least 4 members (excludes halogenated alkanes) is 10. The molecule has 1 aromatic rings. The maximum Gasteiger partial charge on any atom is 0.239 e. The summed E-state index contributed by atoms with van der Waals surface area (Å²) in [5.74, 6) is 0.356. The zero-order valence-electron chi connectivity index (χ0n) is 35.1. The van der Waals surface area contributed by atoms with Crippen molar-refractivity contribution in [2.75, 3.05) is 39.6 Å². The summed E-state index contributed by atoms with van der Waals surface area (Å²) in [6.07, 6.45) is 23.4. The molecule has 0 spiro atoms. The number of rotatable bonds is 29. The molecule has 1 aliphatic heterocycles. The number of hydrogen-bond donors (Lipinski definition) is 2. The van der Waals surface area contributed by atoms with Crippen molar-refractivity contribution in [2.24, 2.45) is 22.9 Å². The number of aliphatic hydroxyl groups excluding tert-OH is 2. The molecule has 1 fully saturated rings. The quantitative estimate of drug-likeness (QED) is 0.0473. The number of nitrogens with zero attached hydrogens (tertiary/aromatic N) is 2. The number of oxime groups is 1. The van der Waals surface area contributed by atoms with Gasteiger partial charge < -0.3 is 34.2 Å². The first kappa shape index (κ1) is 45.6. The van der Waals surface area contributed by atoms with E-state index in [4.69, 9.17) is 24.2 Å². The fourth-order valence-corrected chi connectivity index (χ4v) is 9.46. The van der Waals surface area contributed by atoms with E-state index in [9.17, 15) is 15.0 Å². The van der Waals surface area contributed by atoms with E-state index >= 15 is 0 Å². The smallest absolute Gasteiger partial charge is 0.239 e. The molecule has 9 heteroatoms. The third-order valence-corrected chi connectivity index (χ3v) is 12.0. The highest BCUT2D eigenvalue weighted by molar-refractivity contribution is 6.03. The first-order chi connectivity index (χ1) is 27.4. The molecule has 56 heavy (non-hydrogen) atoms. The molecule has 6 atom stereocenters. The van der Waals surface area contributed by atoms with Gasteiger partial charge in [0.05, 0.1) is 18.2 Å². The molecule has 0 aromatic heterocycles. The summed E-state index contributed by atoms with van der Waals surface area (Å²) in [6, 6.07) is 5.60. The van der Waals surface area contributed by atoms with Gasteiger partial charge in [-0.3, -0.25) is 4.79 Å². The zero-order valence-corrected chi connectivity index (χ0v) is 35.1. The number of hydrogen-bond acceptors (Lipinski definition) is 8. The highest BCUT2D eigenvalue weighted by atomic mass is 16.7. The van der Waals surface area contributed by atoms with Crippen LogP contribution in [0.1, 0.15) is 148 Å². The van der Waals surface area contributed by atoms with E-state index in [0.29, 0.717) is 32.6 Å². The largest absolute Gasteiger partial charge is 0.490 e. The third kappa shape index (κ3) is 11.7. The van der Waals surface area contributed by atoms with Gasteiger partial charge in [-0.2, -0.15) is 0 Å². The first-order valence-corrected chi connectivity index (χ1v) is 22.2. The molecule has 1 amide bonds. The van der Waals surface area contributed by atoms with Crippen molar-refractivity contribution in [3.8, 4) is 11.5 Å². The van der Waals surface area contributed by atoms with Crippen molar-refractivity contribution in [3.63, 3.8) is 0 Å². The molecule has 1 saturated carbocycles. The van der Waals surface area contributed by atoms with E-state index in [-0.39, 0.29) is 49.4 Å². The molecule has 4 rings (SSSR count). The van der Waals surface area contributed by atoms with Crippen molar-refractivity contribution in [1.82, 2.24) is 4.90 Å². The number of ether oxygens (including phenoxy) is 3. The SMILES string of the molecule is C=CCOc1ccc2c(c1)C1C(CCCCO)C(CCCCO)C=C3C(=NOCC)CC(N(CCC)C(=O)CCCCCCCCCCC)C(OCC=C)(O2)C31. The maximum absolute atomic E-state index is 14.6. The van der Waals surface area contributed by atoms with Crippen molar-refractivity contribution < 1.29 is 34.1 Å². The number of benzene rings is 1. The molecule has 2 aliphatic carbocycles. The Morgan fingerprint density at radius 1 is 0.911 bits per heavy atom. The minimum Gasteiger partial charge on any atom is -0.490 e. The van der Waals surface area contributed by atoms with Crippen LogP contribution in [0.25, 0.3) is 0 Å². The second-order valence-electron chi connectivity index (χ2n) is 16.0. The Labute approximate surface area is 338 Å². The lowest BCUT2D eigenvalue weighted by molar-refractivity contribution is -0.257. The minimum absolute atomic E-state index is 0.0702. The van der Waals surface area contributed by atoms with Gasteiger partial charge in [0.1, 0.15) is 30.8 Å². The van der Waals surface area contributed by atoms with E-state index in [1.807, 2.05) is 24.0 Å². The molecule has 0 bridgehead atoms. The van der Waals surface area contributed by atoms with Crippen LogP contribution in [0.2, 0.25) is 0 Å². The Bertz CT molecular complexity index is 1410. The monoisotopic (exact) mass is 779 g/mol. The third-order valence-electron chi connectivity index (χ3n) is 12.0. The van der Waals surface area contributed by atoms with Crippen LogP contribution in [0.3, 0.4) is 0 Å². The fraction of sp³-hybridized carbons (Fsp3) is 0.702. The van der Waals surface area contributed by atoms with E-state index in [2.05, 4.69) is 39.1 Å². The molecule has 2 N–H and O–H groups in total. The zero-order chi connectivity index (χ0) is 40.2. The predicted octanol–water partition coefficient (Wildman–Crippen LogP) is 10.1. The van der Waals surface area contributed by atoms with Gasteiger partial charge in [0.2, 0.25) is 11.7 Å². The Balaban J connectivity index is 1.84. The standard InChI is InChI=1S/C47H74N2O7/c1-6-11-12-13-14-15-16-17-18-25-44(52)49(28-7-2)43-35-41(48-55-10-5)39-33-36(23-19-21-29-50)38(24-20-22-30-51)45-40-34-37(53-31-8-3)26-27-42(40)56-47(43,46(39)45)54-32-9-4/h8-9,26-27,33-34,36,38,43,45-46,50-51H,3-4,6-7,10-25,28-32,35H2,1-2,5H3. The number of aliphatic hydroxyl groups is 2. The van der Waals surface area contributed by atoms with Gasteiger partial charge >= 0.3 is 0 Å². The van der Waals surface area contributed by atoms with Gasteiger partial charge in [0.15, 0.2) is 0 Å². The van der Waals surface area contributed by atoms with Crippen molar-refractivity contribution in [2.45, 2.75) is 154 Å². The molecule has 0 radical (unpaired) electrons. The molecule has 1 aromatic carbocycles. The molecule has 1 heterocycles. The summed E-state index contributed by atoms with van der Waals surface area (Å²) in [5, 5.41) is 24.5. The van der Waals surface area contributed by atoms with E-state index in [1.165, 1.54) is 38.5 Å². The first-order valence-electron chi connectivity index (χ1n) is 22.2.